The van der Waals surface area contributed by atoms with Crippen LogP contribution in [-0.2, 0) is 6.61 Å². The zero-order valence-electron chi connectivity index (χ0n) is 21.3. The molecule has 0 N–H and O–H groups in total. The van der Waals surface area contributed by atoms with Crippen LogP contribution in [0.15, 0.2) is 69.0 Å². The number of ether oxygens (including phenoxy) is 2. The summed E-state index contributed by atoms with van der Waals surface area (Å²) in [5.41, 5.74) is 3.30. The highest BCUT2D eigenvalue weighted by molar-refractivity contribution is 9.10. The van der Waals surface area contributed by atoms with Crippen molar-refractivity contribution in [3.63, 3.8) is 0 Å². The molecule has 1 aromatic heterocycles. The van der Waals surface area contributed by atoms with Crippen LogP contribution in [0, 0.1) is 6.92 Å². The molecule has 0 bridgehead atoms. The van der Waals surface area contributed by atoms with E-state index in [0.717, 1.165) is 16.5 Å². The van der Waals surface area contributed by atoms with Gasteiger partial charge in [0.1, 0.15) is 12.4 Å². The van der Waals surface area contributed by atoms with Crippen molar-refractivity contribution in [3.05, 3.63) is 97.0 Å². The Kier molecular flexibility index (Phi) is 8.67. The van der Waals surface area contributed by atoms with Gasteiger partial charge in [-0.15, -0.1) is 0 Å². The highest BCUT2D eigenvalue weighted by Crippen LogP contribution is 2.37. The number of hydrogen-bond acceptors (Lipinski definition) is 5. The second-order valence-corrected chi connectivity index (χ2v) is 10.2. The fourth-order valence-electron chi connectivity index (χ4n) is 3.81. The molecule has 0 saturated carbocycles. The predicted octanol–water partition coefficient (Wildman–Crippen LogP) is 7.49. The van der Waals surface area contributed by atoms with E-state index in [2.05, 4.69) is 28.0 Å². The molecule has 0 fully saturated rings. The van der Waals surface area contributed by atoms with Crippen LogP contribution in [-0.4, -0.2) is 22.5 Å². The van der Waals surface area contributed by atoms with Crippen molar-refractivity contribution in [1.29, 1.82) is 0 Å². The second-order valence-electron chi connectivity index (χ2n) is 8.84. The van der Waals surface area contributed by atoms with Crippen LogP contribution < -0.4 is 15.0 Å². The fourth-order valence-corrected chi connectivity index (χ4v) is 4.44. The van der Waals surface area contributed by atoms with Crippen LogP contribution in [0.4, 0.5) is 0 Å². The number of aromatic nitrogens is 2. The van der Waals surface area contributed by atoms with Gasteiger partial charge in [-0.05, 0) is 61.7 Å². The van der Waals surface area contributed by atoms with Gasteiger partial charge in [0.25, 0.3) is 5.56 Å². The van der Waals surface area contributed by atoms with Crippen LogP contribution in [0.1, 0.15) is 55.6 Å². The van der Waals surface area contributed by atoms with E-state index in [1.54, 1.807) is 18.3 Å². The van der Waals surface area contributed by atoms with Gasteiger partial charge >= 0.3 is 0 Å². The first kappa shape index (κ1) is 26.9. The molecule has 0 amide bonds. The first-order chi connectivity index (χ1) is 17.8. The number of hydrogen-bond donors (Lipinski definition) is 0. The van der Waals surface area contributed by atoms with E-state index >= 15 is 0 Å². The summed E-state index contributed by atoms with van der Waals surface area (Å²) in [5, 5.41) is 5.43. The van der Waals surface area contributed by atoms with E-state index in [9.17, 15) is 4.79 Å². The van der Waals surface area contributed by atoms with Gasteiger partial charge in [-0.1, -0.05) is 71.2 Å². The van der Waals surface area contributed by atoms with Crippen molar-refractivity contribution in [1.82, 2.24) is 9.66 Å². The molecular weight excluding hydrogens is 554 g/mol. The van der Waals surface area contributed by atoms with E-state index in [0.29, 0.717) is 52.0 Å². The average molecular weight is 583 g/mol. The third kappa shape index (κ3) is 6.22. The lowest BCUT2D eigenvalue weighted by Gasteiger charge is -2.15. The van der Waals surface area contributed by atoms with Gasteiger partial charge in [-0.25, -0.2) is 4.98 Å². The van der Waals surface area contributed by atoms with Crippen molar-refractivity contribution in [3.8, 4) is 11.5 Å². The summed E-state index contributed by atoms with van der Waals surface area (Å²) in [7, 11) is 0. The molecule has 4 rings (SSSR count). The number of rotatable bonds is 9. The van der Waals surface area contributed by atoms with Crippen molar-refractivity contribution in [2.45, 2.75) is 46.6 Å². The molecule has 192 valence electrons. The summed E-state index contributed by atoms with van der Waals surface area (Å²) in [6.07, 6.45) is 2.41. The van der Waals surface area contributed by atoms with Crippen molar-refractivity contribution >= 4 is 44.6 Å². The molecule has 0 saturated heterocycles. The maximum absolute atomic E-state index is 13.4. The topological polar surface area (TPSA) is 65.7 Å². The summed E-state index contributed by atoms with van der Waals surface area (Å²) < 4.78 is 14.1. The normalized spacial score (nSPS) is 12.3. The Bertz CT molecular complexity index is 1500. The quantitative estimate of drug-likeness (QED) is 0.192. The smallest absolute Gasteiger partial charge is 0.282 e. The van der Waals surface area contributed by atoms with Crippen LogP contribution in [0.5, 0.6) is 11.5 Å². The van der Waals surface area contributed by atoms with E-state index in [1.165, 1.54) is 10.2 Å². The van der Waals surface area contributed by atoms with Crippen LogP contribution in [0.25, 0.3) is 10.9 Å². The first-order valence-corrected chi connectivity index (χ1v) is 13.4. The molecule has 1 heterocycles. The number of fused-ring (bicyclic) bond motifs is 1. The summed E-state index contributed by atoms with van der Waals surface area (Å²) in [4.78, 5) is 18.1. The van der Waals surface area contributed by atoms with Crippen LogP contribution in [0.2, 0.25) is 5.02 Å². The van der Waals surface area contributed by atoms with Gasteiger partial charge in [0.05, 0.1) is 28.7 Å². The van der Waals surface area contributed by atoms with Gasteiger partial charge in [0.2, 0.25) is 0 Å². The van der Waals surface area contributed by atoms with E-state index in [1.807, 2.05) is 63.2 Å². The number of aryl methyl sites for hydroxylation is 1. The van der Waals surface area contributed by atoms with Crippen LogP contribution >= 0.6 is 27.5 Å². The third-order valence-corrected chi connectivity index (χ3v) is 6.82. The van der Waals surface area contributed by atoms with Crippen molar-refractivity contribution in [2.75, 3.05) is 6.61 Å². The lowest BCUT2D eigenvalue weighted by molar-refractivity contribution is 0.269. The molecule has 6 nitrogen and oxygen atoms in total. The summed E-state index contributed by atoms with van der Waals surface area (Å²) in [6, 6.07) is 17.2. The molecule has 4 aromatic rings. The molecule has 8 heteroatoms. The number of nitrogens with zero attached hydrogens (tertiary/aromatic N) is 3. The molecule has 3 aromatic carbocycles. The average Bonchev–Trinajstić information content (AvgIpc) is 2.88. The Balaban J connectivity index is 1.71. The SMILES string of the molecule is CCOc1cc(C=Nn2c([C@H](C)CC)nc3ccc(Br)cc3c2=O)cc(Cl)c1OCc1ccc(C)cc1. The minimum atomic E-state index is -0.230. The maximum Gasteiger partial charge on any atom is 0.282 e. The predicted molar refractivity (Wildman–Crippen MR) is 154 cm³/mol. The minimum Gasteiger partial charge on any atom is -0.490 e. The Labute approximate surface area is 230 Å². The molecule has 0 aliphatic rings. The fraction of sp³-hybridized carbons (Fsp3) is 0.276. The Morgan fingerprint density at radius 2 is 1.86 bits per heavy atom. The zero-order chi connectivity index (χ0) is 26.5. The number of halogens is 2. The maximum atomic E-state index is 13.4. The molecular formula is C29H29BrClN3O3. The van der Waals surface area contributed by atoms with E-state index < -0.39 is 0 Å². The van der Waals surface area contributed by atoms with Crippen LogP contribution in [0.3, 0.4) is 0 Å². The van der Waals surface area contributed by atoms with E-state index in [-0.39, 0.29) is 11.5 Å². The molecule has 0 aliphatic carbocycles. The Morgan fingerprint density at radius 1 is 1.11 bits per heavy atom. The largest absolute Gasteiger partial charge is 0.490 e. The lowest BCUT2D eigenvalue weighted by atomic mass is 10.1. The monoisotopic (exact) mass is 581 g/mol. The summed E-state index contributed by atoms with van der Waals surface area (Å²) in [5.74, 6) is 1.63. The van der Waals surface area contributed by atoms with Gasteiger partial charge in [-0.3, -0.25) is 4.79 Å². The highest BCUT2D eigenvalue weighted by Gasteiger charge is 2.16. The van der Waals surface area contributed by atoms with E-state index in [4.69, 9.17) is 26.1 Å². The molecule has 0 aliphatic heterocycles. The molecule has 37 heavy (non-hydrogen) atoms. The van der Waals surface area contributed by atoms with Crippen molar-refractivity contribution < 1.29 is 9.47 Å². The summed E-state index contributed by atoms with van der Waals surface area (Å²) in [6.45, 7) is 8.83. The van der Waals surface area contributed by atoms with Gasteiger partial charge < -0.3 is 9.47 Å². The zero-order valence-corrected chi connectivity index (χ0v) is 23.6. The second kappa shape index (κ2) is 11.9. The third-order valence-electron chi connectivity index (χ3n) is 6.04. The minimum absolute atomic E-state index is 0.0398. The molecule has 1 atom stereocenters. The van der Waals surface area contributed by atoms with Gasteiger partial charge in [0, 0.05) is 10.4 Å². The standard InChI is InChI=1S/C29H29BrClN3O3/c1-5-19(4)28-33-25-12-11-22(30)15-23(25)29(35)34(28)32-16-21-13-24(31)27(26(14-21)36-6-2)37-17-20-9-7-18(3)8-10-20/h7-16,19H,5-6,17H2,1-4H3/t19-/m1/s1. The first-order valence-electron chi connectivity index (χ1n) is 12.2. The molecule has 0 radical (unpaired) electrons. The molecule has 0 unspecified atom stereocenters. The van der Waals surface area contributed by atoms with Crippen molar-refractivity contribution in [2.24, 2.45) is 5.10 Å². The highest BCUT2D eigenvalue weighted by atomic mass is 79.9. The molecule has 0 spiro atoms. The number of benzene rings is 3. The summed E-state index contributed by atoms with van der Waals surface area (Å²) >= 11 is 10.1. The van der Waals surface area contributed by atoms with Gasteiger partial charge in [0.15, 0.2) is 11.5 Å². The Hall–Kier alpha value is -3.16. The lowest BCUT2D eigenvalue weighted by Crippen LogP contribution is -2.23. The van der Waals surface area contributed by atoms with Gasteiger partial charge in [-0.2, -0.15) is 9.78 Å². The Morgan fingerprint density at radius 3 is 2.57 bits per heavy atom.